The Balaban J connectivity index is 1.65. The molecule has 2 aromatic heterocycles. The van der Waals surface area contributed by atoms with Crippen LogP contribution >= 0.6 is 11.3 Å². The van der Waals surface area contributed by atoms with Gasteiger partial charge in [0.1, 0.15) is 0 Å². The zero-order valence-corrected chi connectivity index (χ0v) is 13.7. The number of ether oxygens (including phenoxy) is 1. The number of amides is 1. The highest BCUT2D eigenvalue weighted by Gasteiger charge is 2.22. The van der Waals surface area contributed by atoms with Crippen LogP contribution in [0, 0.1) is 5.92 Å². The number of fused-ring (bicyclic) bond motifs is 1. The molecule has 0 bridgehead atoms. The molecule has 0 spiro atoms. The molecular weight excluding hydrogens is 296 g/mol. The predicted molar refractivity (Wildman–Crippen MR) is 87.5 cm³/mol. The second-order valence-corrected chi connectivity index (χ2v) is 6.75. The molecule has 0 fully saturated rings. The Labute approximate surface area is 134 Å². The quantitative estimate of drug-likeness (QED) is 0.942. The van der Waals surface area contributed by atoms with Gasteiger partial charge in [0.25, 0.3) is 5.91 Å². The van der Waals surface area contributed by atoms with Crippen molar-refractivity contribution in [2.24, 2.45) is 5.92 Å². The molecule has 1 N–H and O–H groups in total. The van der Waals surface area contributed by atoms with Gasteiger partial charge in [-0.3, -0.25) is 4.79 Å². The predicted octanol–water partition coefficient (Wildman–Crippen LogP) is 3.21. The number of hydrogen-bond donors (Lipinski definition) is 1. The first-order valence-corrected chi connectivity index (χ1v) is 8.41. The molecule has 1 amide bonds. The highest BCUT2D eigenvalue weighted by Crippen LogP contribution is 2.32. The van der Waals surface area contributed by atoms with Crippen molar-refractivity contribution >= 4 is 17.2 Å². The standard InChI is InChI=1S/C17H20N2O2S/c1-11-3-5-13-14(10-22-15(13)7-11)17(20)19-9-12-4-6-16(21-2)18-8-12/h4,6,8,10-11H,3,5,7,9H2,1-2H3,(H,19,20)/t11-/m0/s1. The monoisotopic (exact) mass is 316 g/mol. The SMILES string of the molecule is COc1ccc(CNC(=O)c2csc3c2CC[C@H](C)C3)cn1. The van der Waals surface area contributed by atoms with Gasteiger partial charge in [-0.1, -0.05) is 13.0 Å². The summed E-state index contributed by atoms with van der Waals surface area (Å²) in [7, 11) is 1.59. The van der Waals surface area contributed by atoms with E-state index in [2.05, 4.69) is 17.2 Å². The van der Waals surface area contributed by atoms with E-state index in [0.29, 0.717) is 12.4 Å². The summed E-state index contributed by atoms with van der Waals surface area (Å²) in [4.78, 5) is 17.9. The lowest BCUT2D eigenvalue weighted by Crippen LogP contribution is -2.24. The number of nitrogens with zero attached hydrogens (tertiary/aromatic N) is 1. The van der Waals surface area contributed by atoms with E-state index in [1.807, 2.05) is 11.4 Å². The van der Waals surface area contributed by atoms with E-state index in [-0.39, 0.29) is 5.91 Å². The molecule has 22 heavy (non-hydrogen) atoms. The second-order valence-electron chi connectivity index (χ2n) is 5.79. The van der Waals surface area contributed by atoms with Crippen molar-refractivity contribution in [1.29, 1.82) is 0 Å². The van der Waals surface area contributed by atoms with Crippen LogP contribution < -0.4 is 10.1 Å². The Morgan fingerprint density at radius 1 is 1.50 bits per heavy atom. The normalized spacial score (nSPS) is 16.9. The van der Waals surface area contributed by atoms with Crippen molar-refractivity contribution in [1.82, 2.24) is 10.3 Å². The summed E-state index contributed by atoms with van der Waals surface area (Å²) in [6.07, 6.45) is 5.03. The maximum atomic E-state index is 12.4. The van der Waals surface area contributed by atoms with Crippen LogP contribution in [-0.4, -0.2) is 18.0 Å². The van der Waals surface area contributed by atoms with Crippen molar-refractivity contribution in [2.75, 3.05) is 7.11 Å². The molecule has 2 aromatic rings. The van der Waals surface area contributed by atoms with Gasteiger partial charge in [-0.05, 0) is 36.3 Å². The molecule has 0 unspecified atom stereocenters. The third-order valence-corrected chi connectivity index (χ3v) is 5.16. The molecule has 3 rings (SSSR count). The molecule has 1 aliphatic rings. The van der Waals surface area contributed by atoms with Gasteiger partial charge in [0.05, 0.1) is 12.7 Å². The van der Waals surface area contributed by atoms with Gasteiger partial charge in [-0.15, -0.1) is 11.3 Å². The second kappa shape index (κ2) is 6.48. The Bertz CT molecular complexity index is 664. The van der Waals surface area contributed by atoms with Gasteiger partial charge in [0, 0.05) is 29.1 Å². The lowest BCUT2D eigenvalue weighted by Gasteiger charge is -2.18. The van der Waals surface area contributed by atoms with Crippen molar-refractivity contribution in [3.8, 4) is 5.88 Å². The van der Waals surface area contributed by atoms with Crippen LogP contribution in [0.3, 0.4) is 0 Å². The van der Waals surface area contributed by atoms with Crippen LogP contribution in [0.15, 0.2) is 23.7 Å². The highest BCUT2D eigenvalue weighted by molar-refractivity contribution is 7.10. The topological polar surface area (TPSA) is 51.2 Å². The summed E-state index contributed by atoms with van der Waals surface area (Å²) in [6.45, 7) is 2.76. The van der Waals surface area contributed by atoms with E-state index in [0.717, 1.165) is 29.9 Å². The molecule has 1 aliphatic carbocycles. The molecule has 0 saturated carbocycles. The van der Waals surface area contributed by atoms with Crippen LogP contribution in [-0.2, 0) is 19.4 Å². The van der Waals surface area contributed by atoms with E-state index in [1.165, 1.54) is 16.9 Å². The van der Waals surface area contributed by atoms with Crippen LogP contribution in [0.5, 0.6) is 5.88 Å². The number of carbonyl (C=O) groups excluding carboxylic acids is 1. The fourth-order valence-corrected chi connectivity index (χ4v) is 4.03. The minimum Gasteiger partial charge on any atom is -0.481 e. The third-order valence-electron chi connectivity index (χ3n) is 4.11. The van der Waals surface area contributed by atoms with E-state index < -0.39 is 0 Å². The number of thiophene rings is 1. The van der Waals surface area contributed by atoms with Gasteiger partial charge >= 0.3 is 0 Å². The van der Waals surface area contributed by atoms with Crippen molar-refractivity contribution < 1.29 is 9.53 Å². The molecular formula is C17H20N2O2S. The summed E-state index contributed by atoms with van der Waals surface area (Å²) >= 11 is 1.72. The van der Waals surface area contributed by atoms with Gasteiger partial charge in [-0.2, -0.15) is 0 Å². The summed E-state index contributed by atoms with van der Waals surface area (Å²) < 4.78 is 5.03. The molecule has 1 atom stereocenters. The maximum absolute atomic E-state index is 12.4. The van der Waals surface area contributed by atoms with Gasteiger partial charge < -0.3 is 10.1 Å². The Morgan fingerprint density at radius 2 is 2.36 bits per heavy atom. The smallest absolute Gasteiger partial charge is 0.252 e. The first kappa shape index (κ1) is 15.0. The zero-order valence-electron chi connectivity index (χ0n) is 12.9. The van der Waals surface area contributed by atoms with Crippen molar-refractivity contribution in [3.63, 3.8) is 0 Å². The van der Waals surface area contributed by atoms with Crippen LogP contribution in [0.25, 0.3) is 0 Å². The number of nitrogens with one attached hydrogen (secondary N) is 1. The van der Waals surface area contributed by atoms with Crippen LogP contribution in [0.1, 0.15) is 39.7 Å². The first-order valence-electron chi connectivity index (χ1n) is 7.53. The molecule has 0 aliphatic heterocycles. The molecule has 0 aromatic carbocycles. The number of methoxy groups -OCH3 is 1. The van der Waals surface area contributed by atoms with Gasteiger partial charge in [0.2, 0.25) is 5.88 Å². The maximum Gasteiger partial charge on any atom is 0.252 e. The molecule has 0 saturated heterocycles. The minimum absolute atomic E-state index is 0.0165. The fraction of sp³-hybridized carbons (Fsp3) is 0.412. The lowest BCUT2D eigenvalue weighted by atomic mass is 9.88. The number of hydrogen-bond acceptors (Lipinski definition) is 4. The lowest BCUT2D eigenvalue weighted by molar-refractivity contribution is 0.0950. The fourth-order valence-electron chi connectivity index (χ4n) is 2.78. The van der Waals surface area contributed by atoms with Crippen molar-refractivity contribution in [3.05, 3.63) is 45.3 Å². The van der Waals surface area contributed by atoms with Crippen LogP contribution in [0.2, 0.25) is 0 Å². The summed E-state index contributed by atoms with van der Waals surface area (Å²) in [5, 5.41) is 4.99. The van der Waals surface area contributed by atoms with E-state index in [1.54, 1.807) is 30.7 Å². The summed E-state index contributed by atoms with van der Waals surface area (Å²) in [6, 6.07) is 3.71. The largest absolute Gasteiger partial charge is 0.481 e. The minimum atomic E-state index is 0.0165. The molecule has 0 radical (unpaired) electrons. The number of aromatic nitrogens is 1. The number of rotatable bonds is 4. The van der Waals surface area contributed by atoms with Crippen LogP contribution in [0.4, 0.5) is 0 Å². The van der Waals surface area contributed by atoms with E-state index in [9.17, 15) is 4.79 Å². The average molecular weight is 316 g/mol. The van der Waals surface area contributed by atoms with Crippen molar-refractivity contribution in [2.45, 2.75) is 32.7 Å². The van der Waals surface area contributed by atoms with E-state index >= 15 is 0 Å². The first-order chi connectivity index (χ1) is 10.7. The summed E-state index contributed by atoms with van der Waals surface area (Å²) in [5.74, 6) is 1.33. The Morgan fingerprint density at radius 3 is 3.09 bits per heavy atom. The Hall–Kier alpha value is -1.88. The number of carbonyl (C=O) groups is 1. The molecule has 4 nitrogen and oxygen atoms in total. The van der Waals surface area contributed by atoms with Gasteiger partial charge in [-0.25, -0.2) is 4.98 Å². The molecule has 2 heterocycles. The summed E-state index contributed by atoms with van der Waals surface area (Å²) in [5.41, 5.74) is 3.08. The zero-order chi connectivity index (χ0) is 15.5. The third kappa shape index (κ3) is 3.14. The number of pyridine rings is 1. The Kier molecular flexibility index (Phi) is 4.43. The van der Waals surface area contributed by atoms with E-state index in [4.69, 9.17) is 4.74 Å². The average Bonchev–Trinajstić information content (AvgIpc) is 2.96. The van der Waals surface area contributed by atoms with Gasteiger partial charge in [0.15, 0.2) is 0 Å². The molecule has 116 valence electrons. The highest BCUT2D eigenvalue weighted by atomic mass is 32.1. The molecule has 5 heteroatoms.